The van der Waals surface area contributed by atoms with Gasteiger partial charge in [-0.3, -0.25) is 0 Å². The molecule has 0 amide bonds. The quantitative estimate of drug-likeness (QED) is 0.558. The van der Waals surface area contributed by atoms with Crippen molar-refractivity contribution < 1.29 is 0 Å². The van der Waals surface area contributed by atoms with E-state index in [4.69, 9.17) is 0 Å². The molecule has 1 aliphatic carbocycles. The van der Waals surface area contributed by atoms with Gasteiger partial charge in [0.25, 0.3) is 0 Å². The van der Waals surface area contributed by atoms with Crippen molar-refractivity contribution in [2.24, 2.45) is 0 Å². The molecule has 4 rings (SSSR count). The van der Waals surface area contributed by atoms with Crippen LogP contribution in [-0.4, -0.2) is 4.57 Å². The van der Waals surface area contributed by atoms with Gasteiger partial charge < -0.3 is 4.57 Å². The monoisotopic (exact) mass is 231 g/mol. The van der Waals surface area contributed by atoms with Crippen LogP contribution in [0.1, 0.15) is 16.7 Å². The average molecular weight is 231 g/mol. The number of fused-ring (bicyclic) bond motifs is 4. The summed E-state index contributed by atoms with van der Waals surface area (Å²) in [6.45, 7) is 0. The molecule has 86 valence electrons. The van der Waals surface area contributed by atoms with Crippen molar-refractivity contribution in [1.29, 1.82) is 0 Å². The molecule has 1 nitrogen and oxygen atoms in total. The van der Waals surface area contributed by atoms with Crippen LogP contribution in [0, 0.1) is 0 Å². The van der Waals surface area contributed by atoms with Crippen LogP contribution in [0.4, 0.5) is 0 Å². The Morgan fingerprint density at radius 3 is 2.89 bits per heavy atom. The molecule has 2 aliphatic rings. The molecule has 0 fully saturated rings. The maximum Gasteiger partial charge on any atom is 0.0491 e. The molecular formula is C17H13N. The maximum atomic E-state index is 2.29. The van der Waals surface area contributed by atoms with E-state index in [1.807, 2.05) is 0 Å². The van der Waals surface area contributed by atoms with Crippen molar-refractivity contribution in [3.63, 3.8) is 0 Å². The van der Waals surface area contributed by atoms with Gasteiger partial charge in [-0.25, -0.2) is 0 Å². The Balaban J connectivity index is 2.09. The van der Waals surface area contributed by atoms with Gasteiger partial charge in [0.15, 0.2) is 0 Å². The van der Waals surface area contributed by atoms with Gasteiger partial charge in [0.1, 0.15) is 0 Å². The predicted molar refractivity (Wildman–Crippen MR) is 76.2 cm³/mol. The van der Waals surface area contributed by atoms with E-state index < -0.39 is 0 Å². The SMILES string of the molecule is C1=CCc2cc3n(c2=C1)C=Cc1ccccc1C=3. The summed E-state index contributed by atoms with van der Waals surface area (Å²) in [6.07, 6.45) is 14.2. The molecular weight excluding hydrogens is 218 g/mol. The minimum absolute atomic E-state index is 1.04. The molecule has 0 N–H and O–H groups in total. The number of rotatable bonds is 0. The Morgan fingerprint density at radius 2 is 1.94 bits per heavy atom. The zero-order valence-corrected chi connectivity index (χ0v) is 10.0. The first kappa shape index (κ1) is 9.72. The van der Waals surface area contributed by atoms with Gasteiger partial charge in [-0.2, -0.15) is 0 Å². The highest BCUT2D eigenvalue weighted by Crippen LogP contribution is 2.14. The van der Waals surface area contributed by atoms with E-state index in [1.54, 1.807) is 0 Å². The van der Waals surface area contributed by atoms with Crippen molar-refractivity contribution >= 4 is 24.4 Å². The van der Waals surface area contributed by atoms with Crippen LogP contribution in [0.2, 0.25) is 0 Å². The van der Waals surface area contributed by atoms with E-state index in [1.165, 1.54) is 27.4 Å². The van der Waals surface area contributed by atoms with Gasteiger partial charge in [-0.05, 0) is 47.4 Å². The van der Waals surface area contributed by atoms with E-state index >= 15 is 0 Å². The van der Waals surface area contributed by atoms with E-state index in [0.29, 0.717) is 0 Å². The molecule has 18 heavy (non-hydrogen) atoms. The molecule has 0 atom stereocenters. The summed E-state index contributed by atoms with van der Waals surface area (Å²) in [6, 6.07) is 10.8. The van der Waals surface area contributed by atoms with E-state index in [0.717, 1.165) is 6.42 Å². The van der Waals surface area contributed by atoms with Gasteiger partial charge >= 0.3 is 0 Å². The summed E-state index contributed by atoms with van der Waals surface area (Å²) in [4.78, 5) is 0. The second-order valence-electron chi connectivity index (χ2n) is 4.74. The van der Waals surface area contributed by atoms with Crippen LogP contribution in [0.3, 0.4) is 0 Å². The molecule has 0 radical (unpaired) electrons. The highest BCUT2D eigenvalue weighted by atomic mass is 14.9. The predicted octanol–water partition coefficient (Wildman–Crippen LogP) is 2.15. The summed E-state index contributed by atoms with van der Waals surface area (Å²) in [7, 11) is 0. The lowest BCUT2D eigenvalue weighted by atomic mass is 10.1. The lowest BCUT2D eigenvalue weighted by molar-refractivity contribution is 1.05. The summed E-state index contributed by atoms with van der Waals surface area (Å²) >= 11 is 0. The second-order valence-corrected chi connectivity index (χ2v) is 4.74. The number of hydrogen-bond donors (Lipinski definition) is 0. The zero-order valence-electron chi connectivity index (χ0n) is 10.0. The molecule has 1 aromatic carbocycles. The molecule has 0 bridgehead atoms. The van der Waals surface area contributed by atoms with Gasteiger partial charge in [0.2, 0.25) is 0 Å². The number of nitrogens with zero attached hydrogens (tertiary/aromatic N) is 1. The molecule has 0 saturated carbocycles. The van der Waals surface area contributed by atoms with Crippen LogP contribution in [-0.2, 0) is 6.42 Å². The molecule has 0 saturated heterocycles. The first-order valence-corrected chi connectivity index (χ1v) is 6.28. The highest BCUT2D eigenvalue weighted by Gasteiger charge is 2.07. The fraction of sp³-hybridized carbons (Fsp3) is 0.0588. The van der Waals surface area contributed by atoms with Crippen LogP contribution < -0.4 is 10.7 Å². The largest absolute Gasteiger partial charge is 0.317 e. The number of benzene rings is 1. The zero-order chi connectivity index (χ0) is 11.9. The number of aromatic nitrogens is 1. The maximum absolute atomic E-state index is 2.29. The molecule has 2 aromatic rings. The van der Waals surface area contributed by atoms with Crippen molar-refractivity contribution in [1.82, 2.24) is 4.57 Å². The summed E-state index contributed by atoms with van der Waals surface area (Å²) in [5.74, 6) is 0. The Kier molecular flexibility index (Phi) is 1.95. The average Bonchev–Trinajstić information content (AvgIpc) is 2.65. The Hall–Kier alpha value is -2.28. The van der Waals surface area contributed by atoms with E-state index in [9.17, 15) is 0 Å². The molecule has 1 aromatic heterocycles. The third-order valence-corrected chi connectivity index (χ3v) is 3.62. The Bertz CT molecular complexity index is 801. The summed E-state index contributed by atoms with van der Waals surface area (Å²) in [5.41, 5.74) is 3.98. The van der Waals surface area contributed by atoms with E-state index in [2.05, 4.69) is 71.5 Å². The summed E-state index contributed by atoms with van der Waals surface area (Å²) < 4.78 is 2.28. The van der Waals surface area contributed by atoms with Crippen LogP contribution >= 0.6 is 0 Å². The van der Waals surface area contributed by atoms with Crippen LogP contribution in [0.25, 0.3) is 24.4 Å². The lowest BCUT2D eigenvalue weighted by Gasteiger charge is -2.00. The highest BCUT2D eigenvalue weighted by molar-refractivity contribution is 5.73. The minimum atomic E-state index is 1.04. The van der Waals surface area contributed by atoms with Gasteiger partial charge in [0, 0.05) is 16.9 Å². The second kappa shape index (κ2) is 3.61. The molecule has 0 unspecified atom stereocenters. The molecule has 1 heteroatoms. The van der Waals surface area contributed by atoms with E-state index in [-0.39, 0.29) is 0 Å². The van der Waals surface area contributed by atoms with Crippen LogP contribution in [0.15, 0.2) is 42.5 Å². The first-order valence-electron chi connectivity index (χ1n) is 6.28. The Labute approximate surface area is 106 Å². The number of allylic oxidation sites excluding steroid dienone is 2. The molecule has 0 spiro atoms. The first-order chi connectivity index (χ1) is 8.92. The molecule has 2 heterocycles. The van der Waals surface area contributed by atoms with Gasteiger partial charge in [-0.1, -0.05) is 36.4 Å². The standard InChI is InChI=1S/C17H13N/c1-2-6-14-11-16-12-15-7-3-4-8-17(15)18(16)10-9-13(14)5-1/h1-6,8-12H,7H2. The van der Waals surface area contributed by atoms with Gasteiger partial charge in [-0.15, -0.1) is 0 Å². The van der Waals surface area contributed by atoms with Crippen molar-refractivity contribution in [2.75, 3.05) is 0 Å². The lowest BCUT2D eigenvalue weighted by Crippen LogP contribution is -2.23. The number of hydrogen-bond acceptors (Lipinski definition) is 0. The van der Waals surface area contributed by atoms with Gasteiger partial charge in [0.05, 0.1) is 0 Å². The summed E-state index contributed by atoms with van der Waals surface area (Å²) in [5, 5.41) is 2.58. The topological polar surface area (TPSA) is 4.93 Å². The smallest absolute Gasteiger partial charge is 0.0491 e. The fourth-order valence-corrected chi connectivity index (χ4v) is 2.71. The third-order valence-electron chi connectivity index (χ3n) is 3.62. The van der Waals surface area contributed by atoms with Crippen molar-refractivity contribution in [3.05, 3.63) is 69.9 Å². The molecule has 1 aliphatic heterocycles. The normalized spacial score (nSPS) is 14.9. The third kappa shape index (κ3) is 1.34. The van der Waals surface area contributed by atoms with Crippen LogP contribution in [0.5, 0.6) is 0 Å². The minimum Gasteiger partial charge on any atom is -0.317 e. The van der Waals surface area contributed by atoms with Crippen molar-refractivity contribution in [3.8, 4) is 0 Å². The fourth-order valence-electron chi connectivity index (χ4n) is 2.71. The van der Waals surface area contributed by atoms with Crippen molar-refractivity contribution in [2.45, 2.75) is 6.42 Å². The Morgan fingerprint density at radius 1 is 1.06 bits per heavy atom.